The van der Waals surface area contributed by atoms with Crippen LogP contribution < -0.4 is 4.74 Å². The molecule has 5 nitrogen and oxygen atoms in total. The first-order valence-electron chi connectivity index (χ1n) is 7.51. The normalized spacial score (nSPS) is 10.3. The number of ether oxygens (including phenoxy) is 2. The molecule has 0 N–H and O–H groups in total. The van der Waals surface area contributed by atoms with Crippen LogP contribution in [0.4, 0.5) is 0 Å². The first kappa shape index (κ1) is 20.4. The van der Waals surface area contributed by atoms with Crippen molar-refractivity contribution in [3.63, 3.8) is 0 Å². The quantitative estimate of drug-likeness (QED) is 0.515. The number of carbonyl (C=O) groups is 2. The molecular weight excluding hydrogens is 401 g/mol. The highest BCUT2D eigenvalue weighted by Crippen LogP contribution is 2.31. The van der Waals surface area contributed by atoms with E-state index in [-0.39, 0.29) is 26.5 Å². The molecule has 0 atom stereocenters. The standard InChI is InChI=1S/C18H16Cl3NO4/c1-22(9-11-4-3-5-12(8-11)25-2)15(23)10-26-18(24)16-13(19)6-7-14(20)17(16)21/h3-8H,9-10H2,1-2H3. The Balaban J connectivity index is 1.97. The van der Waals surface area contributed by atoms with Crippen LogP contribution in [0, 0.1) is 0 Å². The summed E-state index contributed by atoms with van der Waals surface area (Å²) in [6.45, 7) is -0.106. The summed E-state index contributed by atoms with van der Waals surface area (Å²) in [6, 6.07) is 10.2. The molecule has 0 saturated carbocycles. The molecule has 8 heteroatoms. The molecule has 0 fully saturated rings. The van der Waals surface area contributed by atoms with Gasteiger partial charge in [-0.25, -0.2) is 4.79 Å². The van der Waals surface area contributed by atoms with Gasteiger partial charge < -0.3 is 14.4 Å². The van der Waals surface area contributed by atoms with Crippen molar-refractivity contribution in [2.75, 3.05) is 20.8 Å². The van der Waals surface area contributed by atoms with E-state index < -0.39 is 12.6 Å². The zero-order chi connectivity index (χ0) is 19.3. The molecular formula is C18H16Cl3NO4. The maximum Gasteiger partial charge on any atom is 0.341 e. The Labute approximate surface area is 166 Å². The number of benzene rings is 2. The van der Waals surface area contributed by atoms with Crippen LogP contribution >= 0.6 is 34.8 Å². The van der Waals surface area contributed by atoms with Gasteiger partial charge in [0.1, 0.15) is 5.75 Å². The molecule has 0 radical (unpaired) electrons. The molecule has 138 valence electrons. The average molecular weight is 417 g/mol. The maximum absolute atomic E-state index is 12.2. The van der Waals surface area contributed by atoms with Gasteiger partial charge in [0.25, 0.3) is 5.91 Å². The summed E-state index contributed by atoms with van der Waals surface area (Å²) < 4.78 is 10.2. The molecule has 0 aromatic heterocycles. The lowest BCUT2D eigenvalue weighted by Crippen LogP contribution is -2.30. The van der Waals surface area contributed by atoms with E-state index in [1.807, 2.05) is 24.3 Å². The minimum absolute atomic E-state index is 0.0126. The highest BCUT2D eigenvalue weighted by molar-refractivity contribution is 6.46. The van der Waals surface area contributed by atoms with Gasteiger partial charge >= 0.3 is 5.97 Å². The third-order valence-electron chi connectivity index (χ3n) is 3.55. The predicted octanol–water partition coefficient (Wildman–Crippen LogP) is 4.47. The summed E-state index contributed by atoms with van der Waals surface area (Å²) in [7, 11) is 3.18. The van der Waals surface area contributed by atoms with Crippen molar-refractivity contribution >= 4 is 46.7 Å². The second-order valence-electron chi connectivity index (χ2n) is 5.40. The van der Waals surface area contributed by atoms with Gasteiger partial charge in [0, 0.05) is 13.6 Å². The van der Waals surface area contributed by atoms with Crippen molar-refractivity contribution in [3.05, 3.63) is 62.6 Å². The Bertz CT molecular complexity index is 826. The molecule has 26 heavy (non-hydrogen) atoms. The van der Waals surface area contributed by atoms with Crippen LogP contribution in [0.3, 0.4) is 0 Å². The first-order chi connectivity index (χ1) is 12.3. The van der Waals surface area contributed by atoms with Gasteiger partial charge in [-0.05, 0) is 29.8 Å². The van der Waals surface area contributed by atoms with E-state index in [0.717, 1.165) is 5.56 Å². The zero-order valence-electron chi connectivity index (χ0n) is 14.1. The van der Waals surface area contributed by atoms with Crippen molar-refractivity contribution in [2.45, 2.75) is 6.54 Å². The fourth-order valence-electron chi connectivity index (χ4n) is 2.16. The molecule has 0 heterocycles. The molecule has 1 amide bonds. The Morgan fingerprint density at radius 2 is 1.77 bits per heavy atom. The molecule has 0 aliphatic carbocycles. The van der Waals surface area contributed by atoms with Gasteiger partial charge in [0.2, 0.25) is 0 Å². The van der Waals surface area contributed by atoms with E-state index >= 15 is 0 Å². The van der Waals surface area contributed by atoms with Gasteiger partial charge in [-0.1, -0.05) is 46.9 Å². The molecule has 0 aliphatic rings. The topological polar surface area (TPSA) is 55.8 Å². The molecule has 0 spiro atoms. The third kappa shape index (κ3) is 5.04. The van der Waals surface area contributed by atoms with Gasteiger partial charge in [0.05, 0.1) is 27.7 Å². The molecule has 0 unspecified atom stereocenters. The van der Waals surface area contributed by atoms with Crippen molar-refractivity contribution in [2.24, 2.45) is 0 Å². The number of carbonyl (C=O) groups excluding carboxylic acids is 2. The number of amides is 1. The van der Waals surface area contributed by atoms with Crippen molar-refractivity contribution in [3.8, 4) is 5.75 Å². The number of likely N-dealkylation sites (N-methyl/N-ethyl adjacent to an activating group) is 1. The zero-order valence-corrected chi connectivity index (χ0v) is 16.4. The number of hydrogen-bond donors (Lipinski definition) is 0. The van der Waals surface area contributed by atoms with Crippen molar-refractivity contribution in [1.29, 1.82) is 0 Å². The van der Waals surface area contributed by atoms with Crippen molar-refractivity contribution in [1.82, 2.24) is 4.90 Å². The predicted molar refractivity (Wildman–Crippen MR) is 101 cm³/mol. The van der Waals surface area contributed by atoms with E-state index in [2.05, 4.69) is 0 Å². The average Bonchev–Trinajstić information content (AvgIpc) is 2.63. The smallest absolute Gasteiger partial charge is 0.341 e. The van der Waals surface area contributed by atoms with Gasteiger partial charge in [-0.2, -0.15) is 0 Å². The number of halogens is 3. The molecule has 0 aliphatic heterocycles. The van der Waals surface area contributed by atoms with Crippen LogP contribution in [0.5, 0.6) is 5.75 Å². The molecule has 2 aromatic carbocycles. The minimum atomic E-state index is -0.814. The monoisotopic (exact) mass is 415 g/mol. The fourth-order valence-corrected chi connectivity index (χ4v) is 2.84. The Hall–Kier alpha value is -1.95. The molecule has 0 saturated heterocycles. The summed E-state index contributed by atoms with van der Waals surface area (Å²) in [5.41, 5.74) is 0.816. The SMILES string of the molecule is COc1cccc(CN(C)C(=O)COC(=O)c2c(Cl)ccc(Cl)c2Cl)c1. The molecule has 0 bridgehead atoms. The van der Waals surface area contributed by atoms with E-state index in [9.17, 15) is 9.59 Å². The van der Waals surface area contributed by atoms with Crippen LogP contribution in [0.25, 0.3) is 0 Å². The number of nitrogens with zero attached hydrogens (tertiary/aromatic N) is 1. The Morgan fingerprint density at radius 3 is 2.46 bits per heavy atom. The Morgan fingerprint density at radius 1 is 1.08 bits per heavy atom. The summed E-state index contributed by atoms with van der Waals surface area (Å²) in [6.07, 6.45) is 0. The minimum Gasteiger partial charge on any atom is -0.497 e. The van der Waals surface area contributed by atoms with Gasteiger partial charge in [-0.15, -0.1) is 0 Å². The maximum atomic E-state index is 12.2. The van der Waals surface area contributed by atoms with E-state index in [4.69, 9.17) is 44.3 Å². The van der Waals surface area contributed by atoms with Gasteiger partial charge in [-0.3, -0.25) is 4.79 Å². The summed E-state index contributed by atoms with van der Waals surface area (Å²) in [5, 5.41) is 0.257. The number of esters is 1. The van der Waals surface area contributed by atoms with Crippen LogP contribution in [0.2, 0.25) is 15.1 Å². The van der Waals surface area contributed by atoms with E-state index in [1.54, 1.807) is 14.2 Å². The second-order valence-corrected chi connectivity index (χ2v) is 6.59. The molecule has 2 aromatic rings. The second kappa shape index (κ2) is 9.12. The van der Waals surface area contributed by atoms with Crippen molar-refractivity contribution < 1.29 is 19.1 Å². The fraction of sp³-hybridized carbons (Fsp3) is 0.222. The summed E-state index contributed by atoms with van der Waals surface area (Å²) in [5.74, 6) is -0.499. The Kier molecular flexibility index (Phi) is 7.14. The van der Waals surface area contributed by atoms with Crippen LogP contribution in [0.15, 0.2) is 36.4 Å². The first-order valence-corrected chi connectivity index (χ1v) is 8.64. The van der Waals surface area contributed by atoms with E-state index in [0.29, 0.717) is 12.3 Å². The number of methoxy groups -OCH3 is 1. The van der Waals surface area contributed by atoms with Crippen LogP contribution in [0.1, 0.15) is 15.9 Å². The lowest BCUT2D eigenvalue weighted by atomic mass is 10.2. The largest absolute Gasteiger partial charge is 0.497 e. The lowest BCUT2D eigenvalue weighted by Gasteiger charge is -2.18. The molecule has 2 rings (SSSR count). The highest BCUT2D eigenvalue weighted by atomic mass is 35.5. The van der Waals surface area contributed by atoms with Gasteiger partial charge in [0.15, 0.2) is 6.61 Å². The summed E-state index contributed by atoms with van der Waals surface area (Å²) in [4.78, 5) is 25.8. The highest BCUT2D eigenvalue weighted by Gasteiger charge is 2.20. The third-order valence-corrected chi connectivity index (χ3v) is 4.67. The van der Waals surface area contributed by atoms with E-state index in [1.165, 1.54) is 17.0 Å². The van der Waals surface area contributed by atoms with Crippen LogP contribution in [-0.4, -0.2) is 37.5 Å². The lowest BCUT2D eigenvalue weighted by molar-refractivity contribution is -0.133. The van der Waals surface area contributed by atoms with Crippen LogP contribution in [-0.2, 0) is 16.1 Å². The number of rotatable bonds is 6. The summed E-state index contributed by atoms with van der Waals surface area (Å²) >= 11 is 17.8. The number of hydrogen-bond acceptors (Lipinski definition) is 4.